The fraction of sp³-hybridized carbons (Fsp3) is 0.182. The Morgan fingerprint density at radius 3 is 2.65 bits per heavy atom. The predicted octanol–water partition coefficient (Wildman–Crippen LogP) is 2.87. The van der Waals surface area contributed by atoms with Gasteiger partial charge in [-0.25, -0.2) is 9.18 Å². The summed E-state index contributed by atoms with van der Waals surface area (Å²) in [7, 11) is 0. The number of hydrogen-bond acceptors (Lipinski definition) is 5. The highest BCUT2D eigenvalue weighted by Crippen LogP contribution is 2.14. The summed E-state index contributed by atoms with van der Waals surface area (Å²) in [6.45, 7) is 1.80. The molecule has 5 nitrogen and oxygen atoms in total. The molecule has 1 rings (SSSR count). The first-order valence-corrected chi connectivity index (χ1v) is 4.86. The Kier molecular flexibility index (Phi) is 4.80. The summed E-state index contributed by atoms with van der Waals surface area (Å²) in [6, 6.07) is 5.19. The highest BCUT2D eigenvalue weighted by molar-refractivity contribution is 5.87. The third-order valence-electron chi connectivity index (χ3n) is 1.71. The second kappa shape index (κ2) is 6.37. The van der Waals surface area contributed by atoms with Crippen LogP contribution in [0.15, 0.2) is 46.5 Å². The first-order chi connectivity index (χ1) is 8.17. The Bertz CT molecular complexity index is 441. The van der Waals surface area contributed by atoms with Crippen LogP contribution in [0.3, 0.4) is 0 Å². The smallest absolute Gasteiger partial charge is 0.362 e. The minimum absolute atomic E-state index is 0.169. The molecular weight excluding hydrogens is 227 g/mol. The number of azo groups is 1. The maximum absolute atomic E-state index is 12.6. The molecule has 0 saturated heterocycles. The number of benzene rings is 1. The lowest BCUT2D eigenvalue weighted by atomic mass is 10.3. The number of carbonyl (C=O) groups is 1. The number of aliphatic hydroxyl groups excluding tert-OH is 1. The lowest BCUT2D eigenvalue weighted by Gasteiger charge is -1.99. The van der Waals surface area contributed by atoms with Crippen LogP contribution in [0.5, 0.6) is 0 Å². The van der Waals surface area contributed by atoms with Crippen molar-refractivity contribution in [2.24, 2.45) is 10.2 Å². The molecule has 0 aromatic heterocycles. The number of nitrogens with zero attached hydrogens (tertiary/aromatic N) is 2. The first kappa shape index (κ1) is 12.8. The third-order valence-corrected chi connectivity index (χ3v) is 1.71. The van der Waals surface area contributed by atoms with Gasteiger partial charge in [-0.3, -0.25) is 0 Å². The summed E-state index contributed by atoms with van der Waals surface area (Å²) in [5, 5.41) is 15.9. The maximum Gasteiger partial charge on any atom is 0.362 e. The summed E-state index contributed by atoms with van der Waals surface area (Å²) >= 11 is 0. The molecule has 0 heterocycles. The molecule has 0 bridgehead atoms. The second-order valence-electron chi connectivity index (χ2n) is 2.91. The molecule has 90 valence electrons. The van der Waals surface area contributed by atoms with E-state index in [0.29, 0.717) is 11.9 Å². The van der Waals surface area contributed by atoms with Crippen molar-refractivity contribution in [2.75, 3.05) is 6.61 Å². The summed E-state index contributed by atoms with van der Waals surface area (Å²) in [4.78, 5) is 11.2. The monoisotopic (exact) mass is 238 g/mol. The molecule has 1 aromatic rings. The van der Waals surface area contributed by atoms with Crippen LogP contribution in [0.2, 0.25) is 0 Å². The van der Waals surface area contributed by atoms with Crippen LogP contribution in [-0.4, -0.2) is 17.7 Å². The van der Waals surface area contributed by atoms with Crippen LogP contribution in [0.4, 0.5) is 10.1 Å². The topological polar surface area (TPSA) is 71.2 Å². The van der Waals surface area contributed by atoms with Crippen molar-refractivity contribution < 1.29 is 19.0 Å². The van der Waals surface area contributed by atoms with E-state index < -0.39 is 11.8 Å². The first-order valence-electron chi connectivity index (χ1n) is 4.86. The van der Waals surface area contributed by atoms with Crippen molar-refractivity contribution in [2.45, 2.75) is 6.92 Å². The molecule has 0 aliphatic rings. The number of ether oxygens (including phenoxy) is 1. The Hall–Kier alpha value is -2.24. The van der Waals surface area contributed by atoms with Gasteiger partial charge in [0.2, 0.25) is 5.70 Å². The normalized spacial score (nSPS) is 11.8. The highest BCUT2D eigenvalue weighted by atomic mass is 19.1. The quantitative estimate of drug-likeness (QED) is 0.379. The predicted molar refractivity (Wildman–Crippen MR) is 58.3 cm³/mol. The molecule has 6 heteroatoms. The highest BCUT2D eigenvalue weighted by Gasteiger charge is 2.09. The summed E-state index contributed by atoms with van der Waals surface area (Å²) < 4.78 is 17.2. The Morgan fingerprint density at radius 2 is 2.12 bits per heavy atom. The van der Waals surface area contributed by atoms with Gasteiger partial charge in [-0.15, -0.1) is 5.11 Å². The van der Waals surface area contributed by atoms with E-state index in [1.807, 2.05) is 0 Å². The lowest BCUT2D eigenvalue weighted by molar-refractivity contribution is -0.138. The number of halogens is 1. The van der Waals surface area contributed by atoms with E-state index in [2.05, 4.69) is 15.0 Å². The molecule has 0 saturated carbocycles. The van der Waals surface area contributed by atoms with Gasteiger partial charge in [-0.1, -0.05) is 0 Å². The zero-order valence-corrected chi connectivity index (χ0v) is 9.13. The molecule has 0 aliphatic heterocycles. The molecule has 0 spiro atoms. The summed E-state index contributed by atoms with van der Waals surface area (Å²) in [5.41, 5.74) is 0.0335. The van der Waals surface area contributed by atoms with E-state index in [9.17, 15) is 9.18 Å². The molecule has 0 fully saturated rings. The maximum atomic E-state index is 12.6. The fourth-order valence-corrected chi connectivity index (χ4v) is 0.944. The lowest BCUT2D eigenvalue weighted by Crippen LogP contribution is -2.05. The second-order valence-corrected chi connectivity index (χ2v) is 2.91. The third kappa shape index (κ3) is 4.02. The Balaban J connectivity index is 2.75. The van der Waals surface area contributed by atoms with E-state index in [4.69, 9.17) is 5.11 Å². The zero-order chi connectivity index (χ0) is 12.7. The van der Waals surface area contributed by atoms with E-state index in [1.165, 1.54) is 24.3 Å². The van der Waals surface area contributed by atoms with Crippen molar-refractivity contribution in [1.29, 1.82) is 0 Å². The van der Waals surface area contributed by atoms with Gasteiger partial charge in [0.05, 0.1) is 12.3 Å². The minimum Gasteiger partial charge on any atom is -0.513 e. The van der Waals surface area contributed by atoms with Gasteiger partial charge in [0.15, 0.2) is 0 Å². The van der Waals surface area contributed by atoms with E-state index >= 15 is 0 Å². The number of rotatable bonds is 4. The number of hydrogen-bond donors (Lipinski definition) is 1. The van der Waals surface area contributed by atoms with E-state index in [-0.39, 0.29) is 12.3 Å². The van der Waals surface area contributed by atoms with Crippen molar-refractivity contribution in [3.05, 3.63) is 42.0 Å². The number of aliphatic hydroxyl groups is 1. The van der Waals surface area contributed by atoms with E-state index in [1.54, 1.807) is 6.92 Å². The van der Waals surface area contributed by atoms with Crippen LogP contribution < -0.4 is 0 Å². The van der Waals surface area contributed by atoms with Crippen molar-refractivity contribution in [1.82, 2.24) is 0 Å². The number of esters is 1. The minimum atomic E-state index is -0.777. The molecule has 1 N–H and O–H groups in total. The molecule has 0 atom stereocenters. The molecule has 17 heavy (non-hydrogen) atoms. The van der Waals surface area contributed by atoms with Crippen LogP contribution in [0.1, 0.15) is 6.92 Å². The molecule has 0 radical (unpaired) electrons. The molecule has 0 amide bonds. The van der Waals surface area contributed by atoms with Gasteiger partial charge in [0.25, 0.3) is 0 Å². The standard InChI is InChI=1S/C11H11FN2O3/c1-2-17-11(16)10(7-15)14-13-9-5-3-8(12)4-6-9/h3-7,15H,2H2,1H3/b10-7+,14-13?. The number of carbonyl (C=O) groups excluding carboxylic acids is 1. The summed E-state index contributed by atoms with van der Waals surface area (Å²) in [5.74, 6) is -1.17. The SMILES string of the molecule is CCOC(=O)/C(=C\O)N=Nc1ccc(F)cc1. The largest absolute Gasteiger partial charge is 0.513 e. The van der Waals surface area contributed by atoms with Crippen LogP contribution >= 0.6 is 0 Å². The van der Waals surface area contributed by atoms with Gasteiger partial charge >= 0.3 is 5.97 Å². The molecule has 0 unspecified atom stereocenters. The average molecular weight is 238 g/mol. The van der Waals surface area contributed by atoms with Crippen LogP contribution in [0.25, 0.3) is 0 Å². The van der Waals surface area contributed by atoms with E-state index in [0.717, 1.165) is 0 Å². The van der Waals surface area contributed by atoms with Gasteiger partial charge < -0.3 is 9.84 Å². The van der Waals surface area contributed by atoms with Crippen molar-refractivity contribution in [3.63, 3.8) is 0 Å². The van der Waals surface area contributed by atoms with Gasteiger partial charge in [-0.2, -0.15) is 5.11 Å². The Labute approximate surface area is 97.2 Å². The van der Waals surface area contributed by atoms with Gasteiger partial charge in [0.1, 0.15) is 12.1 Å². The zero-order valence-electron chi connectivity index (χ0n) is 9.13. The molecule has 0 aliphatic carbocycles. The Morgan fingerprint density at radius 1 is 1.47 bits per heavy atom. The van der Waals surface area contributed by atoms with Crippen LogP contribution in [0, 0.1) is 5.82 Å². The molecular formula is C11H11FN2O3. The van der Waals surface area contributed by atoms with Crippen molar-refractivity contribution >= 4 is 11.7 Å². The average Bonchev–Trinajstić information content (AvgIpc) is 2.32. The fourth-order valence-electron chi connectivity index (χ4n) is 0.944. The van der Waals surface area contributed by atoms with Gasteiger partial charge in [0, 0.05) is 0 Å². The van der Waals surface area contributed by atoms with Crippen molar-refractivity contribution in [3.8, 4) is 0 Å². The summed E-state index contributed by atoms with van der Waals surface area (Å²) in [6.07, 6.45) is 0.505. The van der Waals surface area contributed by atoms with Crippen LogP contribution in [-0.2, 0) is 9.53 Å². The molecule has 1 aromatic carbocycles. The van der Waals surface area contributed by atoms with Gasteiger partial charge in [-0.05, 0) is 31.2 Å².